The fraction of sp³-hybridized carbons (Fsp3) is 0.200. The first-order valence-corrected chi connectivity index (χ1v) is 6.52. The van der Waals surface area contributed by atoms with Crippen LogP contribution in [0, 0.1) is 6.92 Å². The number of amides is 1. The number of hydrogen-bond acceptors (Lipinski definition) is 4. The van der Waals surface area contributed by atoms with E-state index in [1.165, 1.54) is 12.3 Å². The molecule has 0 unspecified atom stereocenters. The number of nitrogen functional groups attached to an aromatic ring is 1. The average molecular weight is 287 g/mol. The first-order valence-electron chi connectivity index (χ1n) is 6.52. The highest BCUT2D eigenvalue weighted by Gasteiger charge is 2.09. The first kappa shape index (κ1) is 14.6. The van der Waals surface area contributed by atoms with Gasteiger partial charge in [0.25, 0.3) is 5.91 Å². The van der Waals surface area contributed by atoms with Crippen LogP contribution in [0.2, 0.25) is 0 Å². The molecular formula is C15H17N3O3. The van der Waals surface area contributed by atoms with Crippen LogP contribution in [0.25, 0.3) is 0 Å². The molecule has 1 aromatic heterocycles. The maximum absolute atomic E-state index is 11.8. The Hall–Kier alpha value is -2.76. The molecule has 0 radical (unpaired) electrons. The molecule has 110 valence electrons. The van der Waals surface area contributed by atoms with Crippen LogP contribution in [0.5, 0.6) is 5.75 Å². The second kappa shape index (κ2) is 6.60. The molecule has 1 amide bonds. The highest BCUT2D eigenvalue weighted by Crippen LogP contribution is 2.12. The molecule has 0 atom stereocenters. The fourth-order valence-corrected chi connectivity index (χ4v) is 1.74. The summed E-state index contributed by atoms with van der Waals surface area (Å²) in [5.74, 6) is 0.254. The predicted molar refractivity (Wildman–Crippen MR) is 80.5 cm³/mol. The molecule has 4 N–H and O–H groups in total. The second-order valence-corrected chi connectivity index (χ2v) is 4.57. The van der Waals surface area contributed by atoms with Gasteiger partial charge in [-0.25, -0.2) is 0 Å². The van der Waals surface area contributed by atoms with Crippen LogP contribution in [0.1, 0.15) is 16.1 Å². The third-order valence-corrected chi connectivity index (χ3v) is 2.84. The van der Waals surface area contributed by atoms with Crippen molar-refractivity contribution in [1.82, 2.24) is 10.3 Å². The van der Waals surface area contributed by atoms with Crippen molar-refractivity contribution in [1.29, 1.82) is 0 Å². The number of H-pyrrole nitrogens is 1. The number of benzene rings is 1. The van der Waals surface area contributed by atoms with Crippen molar-refractivity contribution in [2.24, 2.45) is 0 Å². The number of nitrogens with two attached hydrogens (primary N) is 1. The van der Waals surface area contributed by atoms with Crippen molar-refractivity contribution < 1.29 is 9.53 Å². The second-order valence-electron chi connectivity index (χ2n) is 4.57. The molecular weight excluding hydrogens is 270 g/mol. The lowest BCUT2D eigenvalue weighted by Crippen LogP contribution is -2.31. The SMILES string of the molecule is Cc1cc(=O)c(C(=O)NCCOc2ccc(N)cc2)c[nH]1. The molecule has 0 saturated carbocycles. The summed E-state index contributed by atoms with van der Waals surface area (Å²) >= 11 is 0. The summed E-state index contributed by atoms with van der Waals surface area (Å²) in [7, 11) is 0. The van der Waals surface area contributed by atoms with Gasteiger partial charge in [0.15, 0.2) is 5.43 Å². The number of carbonyl (C=O) groups excluding carboxylic acids is 1. The summed E-state index contributed by atoms with van der Waals surface area (Å²) < 4.78 is 5.44. The zero-order chi connectivity index (χ0) is 15.2. The van der Waals surface area contributed by atoms with Crippen molar-refractivity contribution >= 4 is 11.6 Å². The van der Waals surface area contributed by atoms with Crippen LogP contribution in [0.4, 0.5) is 5.69 Å². The zero-order valence-corrected chi connectivity index (χ0v) is 11.7. The lowest BCUT2D eigenvalue weighted by atomic mass is 10.2. The summed E-state index contributed by atoms with van der Waals surface area (Å²) in [5, 5.41) is 2.63. The van der Waals surface area contributed by atoms with E-state index in [0.717, 1.165) is 0 Å². The summed E-state index contributed by atoms with van der Waals surface area (Å²) in [6.07, 6.45) is 1.41. The molecule has 0 bridgehead atoms. The van der Waals surface area contributed by atoms with Gasteiger partial charge in [-0.05, 0) is 31.2 Å². The third-order valence-electron chi connectivity index (χ3n) is 2.84. The standard InChI is InChI=1S/C15H17N3O3/c1-10-8-14(19)13(9-18-10)15(20)17-6-7-21-12-4-2-11(16)3-5-12/h2-5,8-9H,6-7,16H2,1H3,(H,17,20)(H,18,19). The van der Waals surface area contributed by atoms with Crippen LogP contribution in [0.15, 0.2) is 41.3 Å². The number of aryl methyl sites for hydroxylation is 1. The molecule has 0 fully saturated rings. The van der Waals surface area contributed by atoms with Crippen LogP contribution in [0.3, 0.4) is 0 Å². The lowest BCUT2D eigenvalue weighted by molar-refractivity contribution is 0.0945. The highest BCUT2D eigenvalue weighted by atomic mass is 16.5. The summed E-state index contributed by atoms with van der Waals surface area (Å²) in [4.78, 5) is 26.3. The van der Waals surface area contributed by atoms with Gasteiger partial charge in [-0.3, -0.25) is 9.59 Å². The minimum absolute atomic E-state index is 0.0908. The smallest absolute Gasteiger partial charge is 0.256 e. The van der Waals surface area contributed by atoms with Gasteiger partial charge >= 0.3 is 0 Å². The van der Waals surface area contributed by atoms with Gasteiger partial charge in [-0.15, -0.1) is 0 Å². The molecule has 21 heavy (non-hydrogen) atoms. The van der Waals surface area contributed by atoms with E-state index in [1.807, 2.05) is 0 Å². The Morgan fingerprint density at radius 1 is 1.33 bits per heavy atom. The maximum Gasteiger partial charge on any atom is 0.256 e. The Balaban J connectivity index is 1.82. The average Bonchev–Trinajstić information content (AvgIpc) is 2.45. The monoisotopic (exact) mass is 287 g/mol. The third kappa shape index (κ3) is 4.10. The minimum Gasteiger partial charge on any atom is -0.492 e. The number of nitrogens with one attached hydrogen (secondary N) is 2. The van der Waals surface area contributed by atoms with E-state index in [0.29, 0.717) is 30.3 Å². The number of anilines is 1. The van der Waals surface area contributed by atoms with Crippen LogP contribution >= 0.6 is 0 Å². The Morgan fingerprint density at radius 2 is 2.05 bits per heavy atom. The fourth-order valence-electron chi connectivity index (χ4n) is 1.74. The van der Waals surface area contributed by atoms with Crippen molar-refractivity contribution in [2.75, 3.05) is 18.9 Å². The molecule has 0 spiro atoms. The van der Waals surface area contributed by atoms with Crippen LogP contribution in [-0.4, -0.2) is 24.0 Å². The van der Waals surface area contributed by atoms with E-state index in [9.17, 15) is 9.59 Å². The number of carbonyl (C=O) groups is 1. The zero-order valence-electron chi connectivity index (χ0n) is 11.7. The predicted octanol–water partition coefficient (Wildman–Crippen LogP) is 1.07. The van der Waals surface area contributed by atoms with Crippen molar-refractivity contribution in [2.45, 2.75) is 6.92 Å². The molecule has 1 aromatic carbocycles. The first-order chi connectivity index (χ1) is 10.1. The molecule has 0 aliphatic rings. The highest BCUT2D eigenvalue weighted by molar-refractivity contribution is 5.93. The van der Waals surface area contributed by atoms with Crippen molar-refractivity contribution in [3.05, 3.63) is 58.0 Å². The number of aromatic nitrogens is 1. The van der Waals surface area contributed by atoms with Gasteiger partial charge in [-0.2, -0.15) is 0 Å². The van der Waals surface area contributed by atoms with Gasteiger partial charge in [-0.1, -0.05) is 0 Å². The largest absolute Gasteiger partial charge is 0.492 e. The summed E-state index contributed by atoms with van der Waals surface area (Å²) in [5.41, 5.74) is 6.73. The lowest BCUT2D eigenvalue weighted by Gasteiger charge is -2.08. The van der Waals surface area contributed by atoms with Crippen LogP contribution < -0.4 is 21.2 Å². The Bertz CT molecular complexity index is 677. The Kier molecular flexibility index (Phi) is 4.61. The Labute approximate surface area is 121 Å². The Morgan fingerprint density at radius 3 is 2.71 bits per heavy atom. The van der Waals surface area contributed by atoms with Gasteiger partial charge in [0.2, 0.25) is 0 Å². The number of pyridine rings is 1. The van der Waals surface area contributed by atoms with Crippen molar-refractivity contribution in [3.8, 4) is 5.75 Å². The summed E-state index contributed by atoms with van der Waals surface area (Å²) in [6, 6.07) is 8.36. The minimum atomic E-state index is -0.419. The normalized spacial score (nSPS) is 10.1. The quantitative estimate of drug-likeness (QED) is 0.566. The van der Waals surface area contributed by atoms with E-state index >= 15 is 0 Å². The van der Waals surface area contributed by atoms with E-state index in [1.54, 1.807) is 31.2 Å². The molecule has 0 aliphatic heterocycles. The number of rotatable bonds is 5. The molecule has 2 rings (SSSR count). The molecule has 2 aromatic rings. The van der Waals surface area contributed by atoms with Gasteiger partial charge in [0.1, 0.15) is 17.9 Å². The molecule has 6 heteroatoms. The molecule has 6 nitrogen and oxygen atoms in total. The van der Waals surface area contributed by atoms with E-state index in [-0.39, 0.29) is 11.0 Å². The van der Waals surface area contributed by atoms with Crippen LogP contribution in [-0.2, 0) is 0 Å². The van der Waals surface area contributed by atoms with Gasteiger partial charge in [0, 0.05) is 23.6 Å². The van der Waals surface area contributed by atoms with E-state index in [4.69, 9.17) is 10.5 Å². The number of ether oxygens (including phenoxy) is 1. The van der Waals surface area contributed by atoms with Gasteiger partial charge < -0.3 is 20.8 Å². The number of aromatic amines is 1. The maximum atomic E-state index is 11.8. The van der Waals surface area contributed by atoms with Gasteiger partial charge in [0.05, 0.1) is 6.54 Å². The van der Waals surface area contributed by atoms with E-state index < -0.39 is 5.91 Å². The van der Waals surface area contributed by atoms with E-state index in [2.05, 4.69) is 10.3 Å². The molecule has 1 heterocycles. The molecule has 0 aliphatic carbocycles. The topological polar surface area (TPSA) is 97.2 Å². The number of hydrogen-bond donors (Lipinski definition) is 3. The molecule has 0 saturated heterocycles. The summed E-state index contributed by atoms with van der Waals surface area (Å²) in [6.45, 7) is 2.36. The van der Waals surface area contributed by atoms with Crippen molar-refractivity contribution in [3.63, 3.8) is 0 Å².